The van der Waals surface area contributed by atoms with Crippen LogP contribution in [-0.4, -0.2) is 14.9 Å². The topological polar surface area (TPSA) is 95.6 Å². The SMILES string of the molecule is Cc1cc(C#N)ccc1-c1cc2cc([N+](=O)[O-])cnc2[nH]1. The molecule has 2 heterocycles. The Hall–Kier alpha value is -3.20. The van der Waals surface area contributed by atoms with Gasteiger partial charge in [-0.1, -0.05) is 6.07 Å². The molecular formula is C15H10N4O2. The second-order valence-corrected chi connectivity index (χ2v) is 4.71. The van der Waals surface area contributed by atoms with Crippen LogP contribution in [-0.2, 0) is 0 Å². The van der Waals surface area contributed by atoms with Crippen LogP contribution in [0.2, 0.25) is 0 Å². The highest BCUT2D eigenvalue weighted by atomic mass is 16.6. The maximum Gasteiger partial charge on any atom is 0.288 e. The molecule has 102 valence electrons. The first-order valence-electron chi connectivity index (χ1n) is 6.23. The Morgan fingerprint density at radius 1 is 1.33 bits per heavy atom. The van der Waals surface area contributed by atoms with Gasteiger partial charge < -0.3 is 4.98 Å². The van der Waals surface area contributed by atoms with Crippen molar-refractivity contribution in [2.75, 3.05) is 0 Å². The monoisotopic (exact) mass is 278 g/mol. The maximum absolute atomic E-state index is 10.8. The van der Waals surface area contributed by atoms with E-state index in [-0.39, 0.29) is 5.69 Å². The van der Waals surface area contributed by atoms with Gasteiger partial charge in [-0.15, -0.1) is 0 Å². The summed E-state index contributed by atoms with van der Waals surface area (Å²) in [5, 5.41) is 20.3. The molecule has 0 saturated heterocycles. The van der Waals surface area contributed by atoms with E-state index in [4.69, 9.17) is 5.26 Å². The zero-order valence-corrected chi connectivity index (χ0v) is 11.1. The van der Waals surface area contributed by atoms with E-state index in [0.29, 0.717) is 16.6 Å². The molecule has 0 saturated carbocycles. The molecule has 0 aliphatic rings. The smallest absolute Gasteiger partial charge is 0.288 e. The van der Waals surface area contributed by atoms with Crippen molar-refractivity contribution in [1.82, 2.24) is 9.97 Å². The van der Waals surface area contributed by atoms with Crippen LogP contribution in [0.4, 0.5) is 5.69 Å². The third-order valence-corrected chi connectivity index (χ3v) is 3.31. The first-order chi connectivity index (χ1) is 10.1. The number of pyridine rings is 1. The first-order valence-corrected chi connectivity index (χ1v) is 6.23. The van der Waals surface area contributed by atoms with Gasteiger partial charge in [0.1, 0.15) is 11.8 Å². The zero-order chi connectivity index (χ0) is 15.0. The molecule has 6 heteroatoms. The van der Waals surface area contributed by atoms with Crippen LogP contribution in [0.3, 0.4) is 0 Å². The van der Waals surface area contributed by atoms with E-state index in [0.717, 1.165) is 16.8 Å². The molecule has 6 nitrogen and oxygen atoms in total. The minimum Gasteiger partial charge on any atom is -0.339 e. The van der Waals surface area contributed by atoms with Crippen LogP contribution < -0.4 is 0 Å². The van der Waals surface area contributed by atoms with Crippen molar-refractivity contribution in [1.29, 1.82) is 5.26 Å². The third kappa shape index (κ3) is 2.21. The van der Waals surface area contributed by atoms with Crippen LogP contribution in [0.25, 0.3) is 22.3 Å². The van der Waals surface area contributed by atoms with E-state index >= 15 is 0 Å². The molecule has 1 aromatic carbocycles. The minimum atomic E-state index is -0.466. The average Bonchev–Trinajstić information content (AvgIpc) is 2.89. The van der Waals surface area contributed by atoms with Crippen molar-refractivity contribution in [2.24, 2.45) is 0 Å². The van der Waals surface area contributed by atoms with Crippen molar-refractivity contribution in [2.45, 2.75) is 6.92 Å². The lowest BCUT2D eigenvalue weighted by Crippen LogP contribution is -1.88. The summed E-state index contributed by atoms with van der Waals surface area (Å²) in [6, 6.07) is 10.8. The summed E-state index contributed by atoms with van der Waals surface area (Å²) in [7, 11) is 0. The number of aromatic amines is 1. The summed E-state index contributed by atoms with van der Waals surface area (Å²) >= 11 is 0. The number of nitriles is 1. The van der Waals surface area contributed by atoms with Crippen molar-refractivity contribution in [3.05, 3.63) is 57.8 Å². The number of nitrogens with one attached hydrogen (secondary N) is 1. The van der Waals surface area contributed by atoms with Crippen LogP contribution >= 0.6 is 0 Å². The highest BCUT2D eigenvalue weighted by Crippen LogP contribution is 2.28. The fraction of sp³-hybridized carbons (Fsp3) is 0.0667. The van der Waals surface area contributed by atoms with Crippen LogP contribution in [0, 0.1) is 28.4 Å². The molecule has 1 N–H and O–H groups in total. The largest absolute Gasteiger partial charge is 0.339 e. The van der Waals surface area contributed by atoms with E-state index in [1.54, 1.807) is 12.1 Å². The summed E-state index contributed by atoms with van der Waals surface area (Å²) in [5.74, 6) is 0. The van der Waals surface area contributed by atoms with Gasteiger partial charge in [0.25, 0.3) is 5.69 Å². The predicted molar refractivity (Wildman–Crippen MR) is 77.6 cm³/mol. The lowest BCUT2D eigenvalue weighted by atomic mass is 10.0. The van der Waals surface area contributed by atoms with Gasteiger partial charge >= 0.3 is 0 Å². The molecule has 0 atom stereocenters. The quantitative estimate of drug-likeness (QED) is 0.574. The Labute approximate surface area is 119 Å². The molecule has 0 aliphatic heterocycles. The summed E-state index contributed by atoms with van der Waals surface area (Å²) in [5.41, 5.74) is 3.87. The van der Waals surface area contributed by atoms with Crippen molar-refractivity contribution < 1.29 is 4.92 Å². The highest BCUT2D eigenvalue weighted by molar-refractivity contribution is 5.85. The molecule has 0 spiro atoms. The highest BCUT2D eigenvalue weighted by Gasteiger charge is 2.11. The predicted octanol–water partition coefficient (Wildman–Crippen LogP) is 3.32. The molecule has 2 aromatic heterocycles. The van der Waals surface area contributed by atoms with Crippen molar-refractivity contribution in [3.63, 3.8) is 0 Å². The van der Waals surface area contributed by atoms with Gasteiger partial charge in [-0.25, -0.2) is 4.98 Å². The third-order valence-electron chi connectivity index (χ3n) is 3.31. The number of rotatable bonds is 2. The number of benzene rings is 1. The number of hydrogen-bond donors (Lipinski definition) is 1. The Kier molecular flexibility index (Phi) is 2.88. The van der Waals surface area contributed by atoms with Gasteiger partial charge in [-0.3, -0.25) is 10.1 Å². The summed E-state index contributed by atoms with van der Waals surface area (Å²) in [6.07, 6.45) is 1.23. The van der Waals surface area contributed by atoms with Crippen LogP contribution in [0.5, 0.6) is 0 Å². The second-order valence-electron chi connectivity index (χ2n) is 4.71. The van der Waals surface area contributed by atoms with Gasteiger partial charge in [0, 0.05) is 22.7 Å². The lowest BCUT2D eigenvalue weighted by Gasteiger charge is -2.03. The van der Waals surface area contributed by atoms with Crippen molar-refractivity contribution >= 4 is 16.7 Å². The Morgan fingerprint density at radius 2 is 2.14 bits per heavy atom. The molecule has 3 aromatic rings. The number of aromatic nitrogens is 2. The molecule has 0 bridgehead atoms. The second kappa shape index (κ2) is 4.72. The Bertz CT molecular complexity index is 906. The van der Waals surface area contributed by atoms with Gasteiger partial charge in [0.15, 0.2) is 0 Å². The number of H-pyrrole nitrogens is 1. The molecule has 3 rings (SSSR count). The molecule has 0 radical (unpaired) electrons. The standard InChI is InChI=1S/C15H10N4O2/c1-9-4-10(7-16)2-3-13(9)14-6-11-5-12(19(20)21)8-17-15(11)18-14/h2-6,8H,1H3,(H,17,18). The lowest BCUT2D eigenvalue weighted by molar-refractivity contribution is -0.385. The Morgan fingerprint density at radius 3 is 2.81 bits per heavy atom. The van der Waals surface area contributed by atoms with E-state index in [9.17, 15) is 10.1 Å². The van der Waals surface area contributed by atoms with E-state index in [2.05, 4.69) is 16.0 Å². The molecule has 0 fully saturated rings. The zero-order valence-electron chi connectivity index (χ0n) is 11.1. The normalized spacial score (nSPS) is 10.5. The van der Waals surface area contributed by atoms with E-state index < -0.39 is 4.92 Å². The fourth-order valence-corrected chi connectivity index (χ4v) is 2.28. The van der Waals surface area contributed by atoms with E-state index in [1.807, 2.05) is 19.1 Å². The number of nitrogens with zero attached hydrogens (tertiary/aromatic N) is 3. The minimum absolute atomic E-state index is 0.0374. The van der Waals surface area contributed by atoms with Crippen molar-refractivity contribution in [3.8, 4) is 17.3 Å². The summed E-state index contributed by atoms with van der Waals surface area (Å²) in [6.45, 7) is 1.91. The van der Waals surface area contributed by atoms with Crippen LogP contribution in [0.15, 0.2) is 36.5 Å². The van der Waals surface area contributed by atoms with E-state index in [1.165, 1.54) is 12.3 Å². The average molecular weight is 278 g/mol. The Balaban J connectivity index is 2.13. The maximum atomic E-state index is 10.8. The summed E-state index contributed by atoms with van der Waals surface area (Å²) in [4.78, 5) is 17.5. The van der Waals surface area contributed by atoms with Gasteiger partial charge in [-0.2, -0.15) is 5.26 Å². The molecular weight excluding hydrogens is 268 g/mol. The van der Waals surface area contributed by atoms with Gasteiger partial charge in [0.2, 0.25) is 0 Å². The first kappa shape index (κ1) is 12.8. The summed E-state index contributed by atoms with van der Waals surface area (Å²) < 4.78 is 0. The molecule has 0 aliphatic carbocycles. The van der Waals surface area contributed by atoms with Crippen LogP contribution in [0.1, 0.15) is 11.1 Å². The molecule has 21 heavy (non-hydrogen) atoms. The molecule has 0 unspecified atom stereocenters. The fourth-order valence-electron chi connectivity index (χ4n) is 2.28. The molecule has 0 amide bonds. The number of nitro groups is 1. The number of hydrogen-bond acceptors (Lipinski definition) is 4. The van der Waals surface area contributed by atoms with Gasteiger partial charge in [-0.05, 0) is 30.7 Å². The number of fused-ring (bicyclic) bond motifs is 1. The number of aryl methyl sites for hydroxylation is 1. The van der Waals surface area contributed by atoms with Gasteiger partial charge in [0.05, 0.1) is 16.6 Å².